The number of benzene rings is 2. The zero-order chi connectivity index (χ0) is 13.8. The van der Waals surface area contributed by atoms with Crippen molar-refractivity contribution in [1.82, 2.24) is 0 Å². The Kier molecular flexibility index (Phi) is 4.22. The van der Waals surface area contributed by atoms with Crippen LogP contribution in [0.2, 0.25) is 0 Å². The monoisotopic (exact) mass is 320 g/mol. The molecule has 2 rings (SSSR count). The Labute approximate surface area is 120 Å². The van der Waals surface area contributed by atoms with Crippen LogP contribution in [0.5, 0.6) is 5.75 Å². The van der Waals surface area contributed by atoms with E-state index in [1.165, 1.54) is 0 Å². The molecule has 3 nitrogen and oxygen atoms in total. The van der Waals surface area contributed by atoms with Gasteiger partial charge >= 0.3 is 5.97 Å². The number of carboxylic acid groups (broad SMARTS) is 1. The van der Waals surface area contributed by atoms with E-state index in [1.54, 1.807) is 18.2 Å². The number of rotatable bonds is 4. The van der Waals surface area contributed by atoms with E-state index in [-0.39, 0.29) is 5.56 Å². The average Bonchev–Trinajstić information content (AvgIpc) is 2.37. The van der Waals surface area contributed by atoms with Crippen molar-refractivity contribution in [2.24, 2.45) is 0 Å². The summed E-state index contributed by atoms with van der Waals surface area (Å²) in [5, 5.41) is 9.12. The van der Waals surface area contributed by atoms with Gasteiger partial charge in [0.15, 0.2) is 0 Å². The van der Waals surface area contributed by atoms with Gasteiger partial charge < -0.3 is 9.84 Å². The summed E-state index contributed by atoms with van der Waals surface area (Å²) in [5.74, 6) is -0.592. The number of aryl methyl sites for hydroxylation is 1. The highest BCUT2D eigenvalue weighted by Gasteiger charge is 2.11. The first-order valence-corrected chi connectivity index (χ1v) is 6.57. The lowest BCUT2D eigenvalue weighted by Crippen LogP contribution is -2.04. The fourth-order valence-corrected chi connectivity index (χ4v) is 2.10. The molecule has 0 spiro atoms. The molecular weight excluding hydrogens is 308 g/mol. The summed E-state index contributed by atoms with van der Waals surface area (Å²) in [7, 11) is 0. The summed E-state index contributed by atoms with van der Waals surface area (Å²) in [6.07, 6.45) is 0. The lowest BCUT2D eigenvalue weighted by Gasteiger charge is -2.11. The van der Waals surface area contributed by atoms with Gasteiger partial charge in [0.1, 0.15) is 17.9 Å². The first-order chi connectivity index (χ1) is 9.08. The number of aromatic carboxylic acids is 1. The van der Waals surface area contributed by atoms with Gasteiger partial charge in [0.05, 0.1) is 0 Å². The number of carboxylic acids is 1. The fraction of sp³-hybridized carbons (Fsp3) is 0.133. The molecule has 19 heavy (non-hydrogen) atoms. The molecule has 0 heterocycles. The molecule has 0 radical (unpaired) electrons. The SMILES string of the molecule is Cc1ccc(C(=O)O)c(OCc2ccccc2Br)c1. The zero-order valence-electron chi connectivity index (χ0n) is 10.4. The molecule has 4 heteroatoms. The van der Waals surface area contributed by atoms with Crippen LogP contribution in [0.25, 0.3) is 0 Å². The third-order valence-electron chi connectivity index (χ3n) is 2.71. The molecular formula is C15H13BrO3. The largest absolute Gasteiger partial charge is 0.488 e. The van der Waals surface area contributed by atoms with Crippen molar-refractivity contribution in [2.75, 3.05) is 0 Å². The first-order valence-electron chi connectivity index (χ1n) is 5.78. The Bertz CT molecular complexity index is 608. The van der Waals surface area contributed by atoms with Crippen LogP contribution < -0.4 is 4.74 Å². The maximum atomic E-state index is 11.1. The van der Waals surface area contributed by atoms with Gasteiger partial charge in [-0.1, -0.05) is 40.2 Å². The molecule has 0 fully saturated rings. The lowest BCUT2D eigenvalue weighted by atomic mass is 10.1. The third kappa shape index (κ3) is 3.35. The number of ether oxygens (including phenoxy) is 1. The van der Waals surface area contributed by atoms with Gasteiger partial charge in [-0.05, 0) is 30.7 Å². The standard InChI is InChI=1S/C15H13BrO3/c1-10-6-7-12(15(17)18)14(8-10)19-9-11-4-2-3-5-13(11)16/h2-8H,9H2,1H3,(H,17,18). The zero-order valence-corrected chi connectivity index (χ0v) is 12.0. The molecule has 0 bridgehead atoms. The van der Waals surface area contributed by atoms with E-state index in [9.17, 15) is 4.79 Å². The molecule has 0 aromatic heterocycles. The fourth-order valence-electron chi connectivity index (χ4n) is 1.70. The molecule has 0 aliphatic heterocycles. The Morgan fingerprint density at radius 1 is 1.26 bits per heavy atom. The van der Waals surface area contributed by atoms with Crippen LogP contribution in [-0.4, -0.2) is 11.1 Å². The average molecular weight is 321 g/mol. The van der Waals surface area contributed by atoms with Gasteiger partial charge in [0.2, 0.25) is 0 Å². The summed E-state index contributed by atoms with van der Waals surface area (Å²) >= 11 is 3.44. The molecule has 0 saturated carbocycles. The maximum absolute atomic E-state index is 11.1. The topological polar surface area (TPSA) is 46.5 Å². The molecule has 2 aromatic rings. The molecule has 0 amide bonds. The molecule has 0 atom stereocenters. The molecule has 1 N–H and O–H groups in total. The smallest absolute Gasteiger partial charge is 0.339 e. The summed E-state index contributed by atoms with van der Waals surface area (Å²) < 4.78 is 6.58. The van der Waals surface area contributed by atoms with Gasteiger partial charge in [-0.25, -0.2) is 4.79 Å². The highest BCUT2D eigenvalue weighted by molar-refractivity contribution is 9.10. The molecule has 0 unspecified atom stereocenters. The van der Waals surface area contributed by atoms with Crippen LogP contribution in [0, 0.1) is 6.92 Å². The van der Waals surface area contributed by atoms with Crippen molar-refractivity contribution in [1.29, 1.82) is 0 Å². The molecule has 2 aromatic carbocycles. The van der Waals surface area contributed by atoms with E-state index in [1.807, 2.05) is 31.2 Å². The number of hydrogen-bond donors (Lipinski definition) is 1. The Balaban J connectivity index is 2.22. The Morgan fingerprint density at radius 3 is 2.68 bits per heavy atom. The van der Waals surface area contributed by atoms with Crippen LogP contribution >= 0.6 is 15.9 Å². The minimum atomic E-state index is -0.984. The van der Waals surface area contributed by atoms with Crippen LogP contribution in [0.15, 0.2) is 46.9 Å². The summed E-state index contributed by atoms with van der Waals surface area (Å²) in [6.45, 7) is 2.22. The van der Waals surface area contributed by atoms with E-state index in [0.29, 0.717) is 12.4 Å². The van der Waals surface area contributed by atoms with Gasteiger partial charge in [-0.3, -0.25) is 0 Å². The van der Waals surface area contributed by atoms with E-state index < -0.39 is 5.97 Å². The lowest BCUT2D eigenvalue weighted by molar-refractivity contribution is 0.0691. The van der Waals surface area contributed by atoms with Crippen molar-refractivity contribution in [3.05, 3.63) is 63.6 Å². The second kappa shape index (κ2) is 5.89. The Hall–Kier alpha value is -1.81. The number of carbonyl (C=O) groups is 1. The highest BCUT2D eigenvalue weighted by Crippen LogP contribution is 2.23. The van der Waals surface area contributed by atoms with Crippen molar-refractivity contribution in [3.63, 3.8) is 0 Å². The third-order valence-corrected chi connectivity index (χ3v) is 3.48. The van der Waals surface area contributed by atoms with E-state index >= 15 is 0 Å². The second-order valence-electron chi connectivity index (χ2n) is 4.18. The number of halogens is 1. The van der Waals surface area contributed by atoms with Crippen LogP contribution in [0.1, 0.15) is 21.5 Å². The maximum Gasteiger partial charge on any atom is 0.339 e. The first kappa shape index (κ1) is 13.6. The van der Waals surface area contributed by atoms with E-state index in [2.05, 4.69) is 15.9 Å². The van der Waals surface area contributed by atoms with Gasteiger partial charge in [-0.15, -0.1) is 0 Å². The van der Waals surface area contributed by atoms with E-state index in [0.717, 1.165) is 15.6 Å². The van der Waals surface area contributed by atoms with Gasteiger partial charge in [0.25, 0.3) is 0 Å². The minimum Gasteiger partial charge on any atom is -0.488 e. The summed E-state index contributed by atoms with van der Waals surface area (Å²) in [5.41, 5.74) is 2.12. The predicted octanol–water partition coefficient (Wildman–Crippen LogP) is 4.03. The predicted molar refractivity (Wildman–Crippen MR) is 76.6 cm³/mol. The minimum absolute atomic E-state index is 0.178. The van der Waals surface area contributed by atoms with Gasteiger partial charge in [0, 0.05) is 10.0 Å². The molecule has 0 saturated heterocycles. The van der Waals surface area contributed by atoms with E-state index in [4.69, 9.17) is 9.84 Å². The quantitative estimate of drug-likeness (QED) is 0.924. The summed E-state index contributed by atoms with van der Waals surface area (Å²) in [6, 6.07) is 12.7. The summed E-state index contributed by atoms with van der Waals surface area (Å²) in [4.78, 5) is 11.1. The van der Waals surface area contributed by atoms with Crippen molar-refractivity contribution in [2.45, 2.75) is 13.5 Å². The normalized spacial score (nSPS) is 10.2. The van der Waals surface area contributed by atoms with Gasteiger partial charge in [-0.2, -0.15) is 0 Å². The molecule has 98 valence electrons. The van der Waals surface area contributed by atoms with Crippen molar-refractivity contribution in [3.8, 4) is 5.75 Å². The Morgan fingerprint density at radius 2 is 2.00 bits per heavy atom. The number of hydrogen-bond acceptors (Lipinski definition) is 2. The highest BCUT2D eigenvalue weighted by atomic mass is 79.9. The molecule has 0 aliphatic carbocycles. The van der Waals surface area contributed by atoms with Crippen molar-refractivity contribution >= 4 is 21.9 Å². The van der Waals surface area contributed by atoms with Crippen LogP contribution in [-0.2, 0) is 6.61 Å². The van der Waals surface area contributed by atoms with Crippen LogP contribution in [0.3, 0.4) is 0 Å². The second-order valence-corrected chi connectivity index (χ2v) is 5.04. The van der Waals surface area contributed by atoms with Crippen molar-refractivity contribution < 1.29 is 14.6 Å². The molecule has 0 aliphatic rings. The van der Waals surface area contributed by atoms with Crippen LogP contribution in [0.4, 0.5) is 0 Å².